The molecule has 1 aliphatic rings. The van der Waals surface area contributed by atoms with E-state index in [9.17, 15) is 14.4 Å². The van der Waals surface area contributed by atoms with Crippen LogP contribution < -0.4 is 16.0 Å². The van der Waals surface area contributed by atoms with E-state index in [1.807, 2.05) is 6.07 Å². The number of carbonyl (C=O) groups excluding carboxylic acids is 3. The minimum atomic E-state index is -0.182. The number of rotatable bonds is 4. The van der Waals surface area contributed by atoms with E-state index in [1.54, 1.807) is 12.1 Å². The van der Waals surface area contributed by atoms with Crippen molar-refractivity contribution in [3.8, 4) is 0 Å². The van der Waals surface area contributed by atoms with Gasteiger partial charge in [0.15, 0.2) is 0 Å². The van der Waals surface area contributed by atoms with Crippen molar-refractivity contribution in [3.05, 3.63) is 29.3 Å². The predicted octanol–water partition coefficient (Wildman–Crippen LogP) is 0.827. The quantitative estimate of drug-likeness (QED) is 0.717. The van der Waals surface area contributed by atoms with Crippen LogP contribution in [-0.2, 0) is 16.0 Å². The highest BCUT2D eigenvalue weighted by Crippen LogP contribution is 2.23. The van der Waals surface area contributed by atoms with Crippen LogP contribution in [0.1, 0.15) is 35.7 Å². The van der Waals surface area contributed by atoms with Gasteiger partial charge in [-0.15, -0.1) is 0 Å². The van der Waals surface area contributed by atoms with E-state index in [1.165, 1.54) is 6.92 Å². The van der Waals surface area contributed by atoms with Gasteiger partial charge in [-0.1, -0.05) is 0 Å². The van der Waals surface area contributed by atoms with Crippen LogP contribution in [0.15, 0.2) is 18.2 Å². The molecule has 0 radical (unpaired) electrons. The Morgan fingerprint density at radius 1 is 1.19 bits per heavy atom. The van der Waals surface area contributed by atoms with Gasteiger partial charge in [-0.3, -0.25) is 14.4 Å². The number of aryl methyl sites for hydroxylation is 1. The van der Waals surface area contributed by atoms with Gasteiger partial charge in [0.1, 0.15) is 0 Å². The molecule has 0 aromatic heterocycles. The molecule has 0 bridgehead atoms. The number of anilines is 1. The van der Waals surface area contributed by atoms with Crippen LogP contribution in [0.4, 0.5) is 5.69 Å². The number of hydrogen-bond donors (Lipinski definition) is 3. The number of fused-ring (bicyclic) bond motifs is 1. The van der Waals surface area contributed by atoms with Crippen molar-refractivity contribution < 1.29 is 14.4 Å². The van der Waals surface area contributed by atoms with Gasteiger partial charge in [-0.05, 0) is 36.6 Å². The Morgan fingerprint density at radius 2 is 1.95 bits per heavy atom. The van der Waals surface area contributed by atoms with Gasteiger partial charge < -0.3 is 16.0 Å². The van der Waals surface area contributed by atoms with Crippen molar-refractivity contribution >= 4 is 23.4 Å². The SMILES string of the molecule is CC(=O)NCCNC(=O)c1ccc2c(c1)CCCC(=O)N2. The summed E-state index contributed by atoms with van der Waals surface area (Å²) in [4.78, 5) is 34.2. The zero-order valence-electron chi connectivity index (χ0n) is 12.0. The lowest BCUT2D eigenvalue weighted by molar-refractivity contribution is -0.119. The highest BCUT2D eigenvalue weighted by Gasteiger charge is 2.14. The summed E-state index contributed by atoms with van der Waals surface area (Å²) < 4.78 is 0. The fourth-order valence-corrected chi connectivity index (χ4v) is 2.23. The molecule has 0 fully saturated rings. The largest absolute Gasteiger partial charge is 0.355 e. The highest BCUT2D eigenvalue weighted by atomic mass is 16.2. The molecule has 6 heteroatoms. The number of hydrogen-bond acceptors (Lipinski definition) is 3. The second-order valence-electron chi connectivity index (χ2n) is 5.01. The lowest BCUT2D eigenvalue weighted by atomic mass is 10.0. The summed E-state index contributed by atoms with van der Waals surface area (Å²) in [6.07, 6.45) is 2.07. The van der Waals surface area contributed by atoms with E-state index < -0.39 is 0 Å². The van der Waals surface area contributed by atoms with E-state index in [-0.39, 0.29) is 17.7 Å². The molecule has 3 amide bonds. The van der Waals surface area contributed by atoms with Crippen LogP contribution >= 0.6 is 0 Å². The lowest BCUT2D eigenvalue weighted by Gasteiger charge is -2.10. The van der Waals surface area contributed by atoms with Gasteiger partial charge in [-0.2, -0.15) is 0 Å². The second kappa shape index (κ2) is 6.88. The maximum Gasteiger partial charge on any atom is 0.251 e. The average molecular weight is 289 g/mol. The number of carbonyl (C=O) groups is 3. The Kier molecular flexibility index (Phi) is 4.92. The monoisotopic (exact) mass is 289 g/mol. The molecule has 3 N–H and O–H groups in total. The van der Waals surface area contributed by atoms with Gasteiger partial charge in [0.2, 0.25) is 11.8 Å². The van der Waals surface area contributed by atoms with E-state index in [0.29, 0.717) is 25.1 Å². The Hall–Kier alpha value is -2.37. The fourth-order valence-electron chi connectivity index (χ4n) is 2.23. The van der Waals surface area contributed by atoms with E-state index >= 15 is 0 Å². The van der Waals surface area contributed by atoms with Crippen LogP contribution in [0.2, 0.25) is 0 Å². The van der Waals surface area contributed by atoms with Crippen LogP contribution in [0, 0.1) is 0 Å². The zero-order valence-corrected chi connectivity index (χ0v) is 12.0. The highest BCUT2D eigenvalue weighted by molar-refractivity contribution is 5.97. The number of nitrogens with one attached hydrogen (secondary N) is 3. The molecule has 2 rings (SSSR count). The molecule has 0 saturated carbocycles. The molecule has 0 spiro atoms. The van der Waals surface area contributed by atoms with Crippen LogP contribution in [0.25, 0.3) is 0 Å². The summed E-state index contributed by atoms with van der Waals surface area (Å²) in [6.45, 7) is 2.22. The molecule has 112 valence electrons. The van der Waals surface area contributed by atoms with Gasteiger partial charge in [0.05, 0.1) is 0 Å². The van der Waals surface area contributed by atoms with E-state index in [2.05, 4.69) is 16.0 Å². The standard InChI is InChI=1S/C15H19N3O3/c1-10(19)16-7-8-17-15(21)12-5-6-13-11(9-12)3-2-4-14(20)18-13/h5-6,9H,2-4,7-8H2,1H3,(H,16,19)(H,17,21)(H,18,20). The van der Waals surface area contributed by atoms with Gasteiger partial charge in [0.25, 0.3) is 5.91 Å². The summed E-state index contributed by atoms with van der Waals surface area (Å²) in [7, 11) is 0. The van der Waals surface area contributed by atoms with E-state index in [4.69, 9.17) is 0 Å². The van der Waals surface area contributed by atoms with Crippen LogP contribution in [-0.4, -0.2) is 30.8 Å². The summed E-state index contributed by atoms with van der Waals surface area (Å²) in [6, 6.07) is 5.27. The molecule has 0 unspecified atom stereocenters. The molecule has 0 atom stereocenters. The third-order valence-electron chi connectivity index (χ3n) is 3.28. The Labute approximate surface area is 123 Å². The van der Waals surface area contributed by atoms with Crippen molar-refractivity contribution in [1.29, 1.82) is 0 Å². The predicted molar refractivity (Wildman–Crippen MR) is 79.0 cm³/mol. The molecule has 1 aliphatic heterocycles. The van der Waals surface area contributed by atoms with Crippen molar-refractivity contribution in [2.24, 2.45) is 0 Å². The Bertz CT molecular complexity index is 569. The van der Waals surface area contributed by atoms with Crippen molar-refractivity contribution in [2.75, 3.05) is 18.4 Å². The molecule has 0 saturated heterocycles. The molecular weight excluding hydrogens is 270 g/mol. The minimum Gasteiger partial charge on any atom is -0.355 e. The first kappa shape index (κ1) is 15.0. The summed E-state index contributed by atoms with van der Waals surface area (Å²) in [5.74, 6) is -0.287. The van der Waals surface area contributed by atoms with Gasteiger partial charge >= 0.3 is 0 Å². The van der Waals surface area contributed by atoms with E-state index in [0.717, 1.165) is 24.1 Å². The Balaban J connectivity index is 1.97. The third-order valence-corrected chi connectivity index (χ3v) is 3.28. The van der Waals surface area contributed by atoms with Crippen LogP contribution in [0.5, 0.6) is 0 Å². The first-order chi connectivity index (χ1) is 10.1. The maximum absolute atomic E-state index is 12.0. The molecule has 6 nitrogen and oxygen atoms in total. The topological polar surface area (TPSA) is 87.3 Å². The van der Waals surface area contributed by atoms with Crippen molar-refractivity contribution in [3.63, 3.8) is 0 Å². The molecule has 1 aromatic carbocycles. The van der Waals surface area contributed by atoms with Gasteiger partial charge in [0, 0.05) is 37.7 Å². The first-order valence-corrected chi connectivity index (χ1v) is 7.01. The van der Waals surface area contributed by atoms with Crippen LogP contribution in [0.3, 0.4) is 0 Å². The summed E-state index contributed by atoms with van der Waals surface area (Å²) >= 11 is 0. The van der Waals surface area contributed by atoms with Crippen molar-refractivity contribution in [1.82, 2.24) is 10.6 Å². The molecular formula is C15H19N3O3. The maximum atomic E-state index is 12.0. The summed E-state index contributed by atoms with van der Waals surface area (Å²) in [5.41, 5.74) is 2.33. The average Bonchev–Trinajstić information content (AvgIpc) is 2.62. The second-order valence-corrected chi connectivity index (χ2v) is 5.01. The normalized spacial score (nSPS) is 13.7. The molecule has 0 aliphatic carbocycles. The minimum absolute atomic E-state index is 0.0151. The Morgan fingerprint density at radius 3 is 2.71 bits per heavy atom. The molecule has 21 heavy (non-hydrogen) atoms. The molecule has 1 heterocycles. The smallest absolute Gasteiger partial charge is 0.251 e. The number of benzene rings is 1. The summed E-state index contributed by atoms with van der Waals surface area (Å²) in [5, 5.41) is 8.19. The number of amides is 3. The zero-order chi connectivity index (χ0) is 15.2. The molecule has 1 aromatic rings. The first-order valence-electron chi connectivity index (χ1n) is 7.01. The third kappa shape index (κ3) is 4.30. The van der Waals surface area contributed by atoms with Crippen molar-refractivity contribution in [2.45, 2.75) is 26.2 Å². The van der Waals surface area contributed by atoms with Gasteiger partial charge in [-0.25, -0.2) is 0 Å². The fraction of sp³-hybridized carbons (Fsp3) is 0.400. The lowest BCUT2D eigenvalue weighted by Crippen LogP contribution is -2.33.